The van der Waals surface area contributed by atoms with E-state index >= 15 is 0 Å². The molecule has 166 valence electrons. The fraction of sp³-hybridized carbons (Fsp3) is 0.417. The summed E-state index contributed by atoms with van der Waals surface area (Å²) in [5, 5.41) is 0. The molecule has 0 N–H and O–H groups in total. The van der Waals surface area contributed by atoms with Crippen LogP contribution in [-0.4, -0.2) is 36.7 Å². The van der Waals surface area contributed by atoms with Gasteiger partial charge in [0.25, 0.3) is 0 Å². The minimum absolute atomic E-state index is 0.0444. The van der Waals surface area contributed by atoms with E-state index in [0.717, 1.165) is 0 Å². The summed E-state index contributed by atoms with van der Waals surface area (Å²) in [5.74, 6) is -10.1. The monoisotopic (exact) mass is 458 g/mol. The Morgan fingerprint density at radius 1 is 0.655 bits per heavy atom. The molecule has 0 aliphatic rings. The Labute approximate surface area is 149 Å². The van der Waals surface area contributed by atoms with Crippen LogP contribution in [0.5, 0.6) is 17.2 Å². The molecule has 29 heavy (non-hydrogen) atoms. The van der Waals surface area contributed by atoms with Gasteiger partial charge in [0.15, 0.2) is 11.5 Å². The lowest BCUT2D eigenvalue weighted by molar-refractivity contribution is -0.362. The molecule has 0 saturated carbocycles. The first-order chi connectivity index (χ1) is 12.7. The van der Waals surface area contributed by atoms with Crippen LogP contribution in [-0.2, 0) is 4.79 Å². The van der Waals surface area contributed by atoms with Gasteiger partial charge in [0.1, 0.15) is 0 Å². The number of alkyl halides is 13. The highest BCUT2D eigenvalue weighted by molar-refractivity contribution is 5.79. The molecule has 0 spiro atoms. The highest BCUT2D eigenvalue weighted by Crippen LogP contribution is 2.47. The van der Waals surface area contributed by atoms with Gasteiger partial charge in [-0.1, -0.05) is 6.07 Å². The van der Waals surface area contributed by atoms with E-state index in [1.165, 1.54) is 0 Å². The van der Waals surface area contributed by atoms with Crippen LogP contribution < -0.4 is 14.2 Å². The Bertz CT molecular complexity index is 701. The largest absolute Gasteiger partial charge is 0.499 e. The molecule has 0 saturated heterocycles. The third-order valence-corrected chi connectivity index (χ3v) is 2.51. The second-order valence-corrected chi connectivity index (χ2v) is 4.70. The van der Waals surface area contributed by atoms with Crippen molar-refractivity contribution in [1.82, 2.24) is 0 Å². The maximum atomic E-state index is 12.9. The predicted molar refractivity (Wildman–Crippen MR) is 61.4 cm³/mol. The second kappa shape index (κ2) is 7.33. The predicted octanol–water partition coefficient (Wildman–Crippen LogP) is 5.22. The van der Waals surface area contributed by atoms with Crippen molar-refractivity contribution in [3.63, 3.8) is 0 Å². The number of rotatable bonds is 5. The molecule has 1 rings (SSSR count). The van der Waals surface area contributed by atoms with Gasteiger partial charge in [0.05, 0.1) is 0 Å². The number of benzene rings is 1. The van der Waals surface area contributed by atoms with Gasteiger partial charge in [-0.3, -0.25) is 0 Å². The van der Waals surface area contributed by atoms with Crippen molar-refractivity contribution in [2.75, 3.05) is 0 Å². The Morgan fingerprint density at radius 3 is 1.28 bits per heavy atom. The third-order valence-electron chi connectivity index (χ3n) is 2.51. The van der Waals surface area contributed by atoms with Gasteiger partial charge in [-0.05, 0) is 12.1 Å². The number of ether oxygens (including phenoxy) is 3. The SMILES string of the molecule is O=C(Oc1c(OC(F)(F)C(F)(F)F)cccc1OC(F)(F)C(F)(F)F)C(F)(F)F. The Kier molecular flexibility index (Phi) is 6.17. The highest BCUT2D eigenvalue weighted by atomic mass is 19.4. The molecule has 0 atom stereocenters. The molecule has 0 fully saturated rings. The van der Waals surface area contributed by atoms with E-state index in [4.69, 9.17) is 0 Å². The minimum Gasteiger partial charge on any atom is -0.422 e. The van der Waals surface area contributed by atoms with Gasteiger partial charge in [0, 0.05) is 0 Å². The number of esters is 1. The maximum Gasteiger partial charge on any atom is 0.499 e. The fourth-order valence-corrected chi connectivity index (χ4v) is 1.30. The van der Waals surface area contributed by atoms with Gasteiger partial charge >= 0.3 is 36.7 Å². The van der Waals surface area contributed by atoms with Crippen LogP contribution in [0.4, 0.5) is 57.1 Å². The number of para-hydroxylation sites is 1. The number of carbonyl (C=O) groups is 1. The number of hydrogen-bond donors (Lipinski definition) is 0. The summed E-state index contributed by atoms with van der Waals surface area (Å²) in [4.78, 5) is 10.8. The second-order valence-electron chi connectivity index (χ2n) is 4.70. The summed E-state index contributed by atoms with van der Waals surface area (Å²) in [5.41, 5.74) is 0. The Hall–Kier alpha value is -2.62. The number of halogens is 13. The summed E-state index contributed by atoms with van der Waals surface area (Å²) >= 11 is 0. The molecular formula is C12H3F13O4. The normalized spacial score (nSPS) is 13.8. The topological polar surface area (TPSA) is 44.8 Å². The van der Waals surface area contributed by atoms with Crippen LogP contribution in [0.1, 0.15) is 0 Å². The van der Waals surface area contributed by atoms with Gasteiger partial charge < -0.3 is 14.2 Å². The molecule has 4 nitrogen and oxygen atoms in total. The van der Waals surface area contributed by atoms with E-state index in [1.54, 1.807) is 0 Å². The molecule has 0 aromatic heterocycles. The van der Waals surface area contributed by atoms with Crippen LogP contribution in [0.15, 0.2) is 18.2 Å². The maximum absolute atomic E-state index is 12.9. The molecular weight excluding hydrogens is 455 g/mol. The molecule has 17 heteroatoms. The first kappa shape index (κ1) is 24.4. The van der Waals surface area contributed by atoms with Crippen molar-refractivity contribution in [3.05, 3.63) is 18.2 Å². The van der Waals surface area contributed by atoms with Crippen molar-refractivity contribution >= 4 is 5.97 Å². The molecule has 0 radical (unpaired) electrons. The Balaban J connectivity index is 3.52. The van der Waals surface area contributed by atoms with Crippen LogP contribution in [0.25, 0.3) is 0 Å². The molecule has 0 bridgehead atoms. The van der Waals surface area contributed by atoms with E-state index in [2.05, 4.69) is 14.2 Å². The standard InChI is InChI=1S/C12H3F13O4/c13-8(14,15)7(26)27-6-4(28-11(22,23)9(16,17)18)2-1-3-5(6)29-12(24,25)10(19,20)21/h1-3H. The first-order valence-electron chi connectivity index (χ1n) is 6.38. The van der Waals surface area contributed by atoms with E-state index < -0.39 is 54.0 Å². The number of hydrogen-bond acceptors (Lipinski definition) is 4. The summed E-state index contributed by atoms with van der Waals surface area (Å²) in [6.45, 7) is 0. The summed E-state index contributed by atoms with van der Waals surface area (Å²) in [6.07, 6.45) is -31.4. The molecule has 0 aliphatic heterocycles. The molecule has 0 amide bonds. The van der Waals surface area contributed by atoms with Crippen molar-refractivity contribution in [1.29, 1.82) is 0 Å². The zero-order valence-electron chi connectivity index (χ0n) is 12.8. The molecule has 0 aliphatic carbocycles. The zero-order valence-corrected chi connectivity index (χ0v) is 12.8. The van der Waals surface area contributed by atoms with Gasteiger partial charge in [-0.2, -0.15) is 57.1 Å². The smallest absolute Gasteiger partial charge is 0.422 e. The lowest BCUT2D eigenvalue weighted by Gasteiger charge is -2.24. The van der Waals surface area contributed by atoms with Gasteiger partial charge in [-0.15, -0.1) is 0 Å². The summed E-state index contributed by atoms with van der Waals surface area (Å²) in [6, 6.07) is 0.100. The first-order valence-corrected chi connectivity index (χ1v) is 6.38. The lowest BCUT2D eigenvalue weighted by atomic mass is 10.3. The van der Waals surface area contributed by atoms with Crippen LogP contribution in [0, 0.1) is 0 Å². The van der Waals surface area contributed by atoms with E-state index in [1.807, 2.05) is 0 Å². The van der Waals surface area contributed by atoms with E-state index in [-0.39, 0.29) is 18.2 Å². The van der Waals surface area contributed by atoms with E-state index in [0.29, 0.717) is 0 Å². The highest BCUT2D eigenvalue weighted by Gasteiger charge is 2.63. The fourth-order valence-electron chi connectivity index (χ4n) is 1.30. The number of carbonyl (C=O) groups excluding carboxylic acids is 1. The van der Waals surface area contributed by atoms with Crippen molar-refractivity contribution < 1.29 is 76.1 Å². The molecule has 0 unspecified atom stereocenters. The van der Waals surface area contributed by atoms with Crippen molar-refractivity contribution in [2.45, 2.75) is 30.7 Å². The van der Waals surface area contributed by atoms with Crippen molar-refractivity contribution in [3.8, 4) is 17.2 Å². The third kappa shape index (κ3) is 5.69. The van der Waals surface area contributed by atoms with Crippen LogP contribution in [0.3, 0.4) is 0 Å². The average molecular weight is 458 g/mol. The average Bonchev–Trinajstić information content (AvgIpc) is 2.46. The summed E-state index contributed by atoms with van der Waals surface area (Å²) < 4.78 is 171. The zero-order chi connectivity index (χ0) is 23.1. The summed E-state index contributed by atoms with van der Waals surface area (Å²) in [7, 11) is 0. The lowest BCUT2D eigenvalue weighted by Crippen LogP contribution is -2.43. The van der Waals surface area contributed by atoms with E-state index in [9.17, 15) is 61.9 Å². The molecule has 1 aromatic carbocycles. The minimum atomic E-state index is -6.51. The quantitative estimate of drug-likeness (QED) is 0.345. The van der Waals surface area contributed by atoms with Gasteiger partial charge in [-0.25, -0.2) is 4.79 Å². The molecule has 1 aromatic rings. The van der Waals surface area contributed by atoms with Crippen LogP contribution in [0.2, 0.25) is 0 Å². The van der Waals surface area contributed by atoms with Crippen molar-refractivity contribution in [2.24, 2.45) is 0 Å². The molecule has 0 heterocycles. The van der Waals surface area contributed by atoms with Gasteiger partial charge in [0.2, 0.25) is 5.75 Å². The van der Waals surface area contributed by atoms with Crippen LogP contribution >= 0.6 is 0 Å². The Morgan fingerprint density at radius 2 is 1.00 bits per heavy atom.